The molecule has 148 valence electrons. The van der Waals surface area contributed by atoms with Gasteiger partial charge in [0.2, 0.25) is 0 Å². The topological polar surface area (TPSA) is 77.2 Å². The summed E-state index contributed by atoms with van der Waals surface area (Å²) in [4.78, 5) is 8.62. The molecule has 0 saturated carbocycles. The standard InChI is InChI=1S/C21H21FN6O/c1-13(2)20-15(9-23-11-25-20)14-7-8-19(28-12-26-27-21(14)28)24-10-16-17(22)5-4-6-18(16)29-3/h4-9,11-13,24H,10H2,1-3H3. The van der Waals surface area contributed by atoms with Gasteiger partial charge in [-0.2, -0.15) is 0 Å². The predicted molar refractivity (Wildman–Crippen MR) is 108 cm³/mol. The van der Waals surface area contributed by atoms with Gasteiger partial charge in [0.15, 0.2) is 5.65 Å². The number of pyridine rings is 1. The summed E-state index contributed by atoms with van der Waals surface area (Å²) in [6.07, 6.45) is 4.97. The fourth-order valence-corrected chi connectivity index (χ4v) is 3.35. The molecule has 0 amide bonds. The van der Waals surface area contributed by atoms with E-state index < -0.39 is 0 Å². The number of anilines is 1. The molecule has 0 saturated heterocycles. The van der Waals surface area contributed by atoms with Crippen molar-refractivity contribution in [2.24, 2.45) is 0 Å². The van der Waals surface area contributed by atoms with Gasteiger partial charge in [-0.3, -0.25) is 4.40 Å². The largest absolute Gasteiger partial charge is 0.496 e. The monoisotopic (exact) mass is 392 g/mol. The first-order chi connectivity index (χ1) is 14.1. The summed E-state index contributed by atoms with van der Waals surface area (Å²) in [5, 5.41) is 11.6. The predicted octanol–water partition coefficient (Wildman–Crippen LogP) is 4.07. The number of rotatable bonds is 6. The Labute approximate surface area is 167 Å². The van der Waals surface area contributed by atoms with Crippen LogP contribution in [0.5, 0.6) is 5.75 Å². The van der Waals surface area contributed by atoms with Gasteiger partial charge >= 0.3 is 0 Å². The van der Waals surface area contributed by atoms with E-state index in [1.807, 2.05) is 16.5 Å². The molecule has 0 aliphatic heterocycles. The summed E-state index contributed by atoms with van der Waals surface area (Å²) >= 11 is 0. The average molecular weight is 392 g/mol. The maximum Gasteiger partial charge on any atom is 0.170 e. The molecule has 3 aromatic heterocycles. The lowest BCUT2D eigenvalue weighted by atomic mass is 10.00. The molecule has 0 aliphatic carbocycles. The van der Waals surface area contributed by atoms with Crippen molar-refractivity contribution in [2.75, 3.05) is 12.4 Å². The van der Waals surface area contributed by atoms with Gasteiger partial charge in [-0.1, -0.05) is 19.9 Å². The molecule has 0 unspecified atom stereocenters. The van der Waals surface area contributed by atoms with Gasteiger partial charge in [-0.05, 0) is 30.2 Å². The number of nitrogens with one attached hydrogen (secondary N) is 1. The molecule has 3 heterocycles. The second kappa shape index (κ2) is 7.83. The third-order valence-corrected chi connectivity index (χ3v) is 4.78. The molecule has 0 fully saturated rings. The Hall–Kier alpha value is -3.55. The van der Waals surface area contributed by atoms with Crippen LogP contribution in [0.25, 0.3) is 16.8 Å². The highest BCUT2D eigenvalue weighted by Crippen LogP contribution is 2.31. The van der Waals surface area contributed by atoms with E-state index in [-0.39, 0.29) is 18.3 Å². The van der Waals surface area contributed by atoms with Gasteiger partial charge < -0.3 is 10.1 Å². The van der Waals surface area contributed by atoms with Crippen molar-refractivity contribution < 1.29 is 9.13 Å². The lowest BCUT2D eigenvalue weighted by molar-refractivity contribution is 0.405. The van der Waals surface area contributed by atoms with Crippen LogP contribution in [-0.2, 0) is 6.54 Å². The number of nitrogens with zero attached hydrogens (tertiary/aromatic N) is 5. The van der Waals surface area contributed by atoms with Crippen LogP contribution >= 0.6 is 0 Å². The molecule has 0 aliphatic rings. The highest BCUT2D eigenvalue weighted by molar-refractivity contribution is 5.80. The summed E-state index contributed by atoms with van der Waals surface area (Å²) in [7, 11) is 1.53. The van der Waals surface area contributed by atoms with E-state index >= 15 is 0 Å². The molecular formula is C21H21FN6O. The van der Waals surface area contributed by atoms with E-state index in [0.717, 1.165) is 22.6 Å². The zero-order valence-corrected chi connectivity index (χ0v) is 16.4. The number of fused-ring (bicyclic) bond motifs is 1. The van der Waals surface area contributed by atoms with Crippen molar-refractivity contribution in [1.29, 1.82) is 0 Å². The van der Waals surface area contributed by atoms with Crippen molar-refractivity contribution in [3.05, 3.63) is 66.3 Å². The molecule has 7 nitrogen and oxygen atoms in total. The number of halogens is 1. The molecule has 1 N–H and O–H groups in total. The molecule has 0 atom stereocenters. The summed E-state index contributed by atoms with van der Waals surface area (Å²) in [5.74, 6) is 1.15. The Morgan fingerprint density at radius 2 is 2.03 bits per heavy atom. The first-order valence-electron chi connectivity index (χ1n) is 9.28. The Balaban J connectivity index is 1.72. The molecule has 0 spiro atoms. The maximum atomic E-state index is 14.2. The van der Waals surface area contributed by atoms with Gasteiger partial charge in [0.1, 0.15) is 30.0 Å². The van der Waals surface area contributed by atoms with Gasteiger partial charge in [0.25, 0.3) is 0 Å². The lowest BCUT2D eigenvalue weighted by Gasteiger charge is -2.15. The summed E-state index contributed by atoms with van der Waals surface area (Å²) in [6, 6.07) is 8.64. The van der Waals surface area contributed by atoms with Crippen LogP contribution in [0.3, 0.4) is 0 Å². The molecule has 0 bridgehead atoms. The smallest absolute Gasteiger partial charge is 0.170 e. The molecule has 4 aromatic rings. The maximum absolute atomic E-state index is 14.2. The van der Waals surface area contributed by atoms with Crippen molar-refractivity contribution in [1.82, 2.24) is 24.6 Å². The fraction of sp³-hybridized carbons (Fsp3) is 0.238. The zero-order valence-electron chi connectivity index (χ0n) is 16.4. The number of ether oxygens (including phenoxy) is 1. The Bertz CT molecular complexity index is 1160. The van der Waals surface area contributed by atoms with Crippen molar-refractivity contribution in [2.45, 2.75) is 26.3 Å². The summed E-state index contributed by atoms with van der Waals surface area (Å²) in [6.45, 7) is 4.43. The highest BCUT2D eigenvalue weighted by atomic mass is 19.1. The SMILES string of the molecule is COc1cccc(F)c1CNc1ccc(-c2cncnc2C(C)C)c2nncn12. The van der Waals surface area contributed by atoms with E-state index in [4.69, 9.17) is 4.74 Å². The number of hydrogen-bond donors (Lipinski definition) is 1. The van der Waals surface area contributed by atoms with Gasteiger partial charge in [-0.15, -0.1) is 10.2 Å². The van der Waals surface area contributed by atoms with Crippen LogP contribution in [-0.4, -0.2) is 31.7 Å². The molecule has 4 rings (SSSR count). The molecule has 8 heteroatoms. The third-order valence-electron chi connectivity index (χ3n) is 4.78. The molecular weight excluding hydrogens is 371 g/mol. The van der Waals surface area contributed by atoms with Crippen LogP contribution < -0.4 is 10.1 Å². The van der Waals surface area contributed by atoms with E-state index in [1.54, 1.807) is 31.0 Å². The Kier molecular flexibility index (Phi) is 5.07. The normalized spacial score (nSPS) is 11.2. The zero-order chi connectivity index (χ0) is 20.4. The van der Waals surface area contributed by atoms with Crippen molar-refractivity contribution in [3.63, 3.8) is 0 Å². The van der Waals surface area contributed by atoms with Gasteiger partial charge in [0.05, 0.1) is 12.8 Å². The van der Waals surface area contributed by atoms with Crippen molar-refractivity contribution >= 4 is 11.5 Å². The summed E-state index contributed by atoms with van der Waals surface area (Å²) in [5.41, 5.74) is 3.89. The lowest BCUT2D eigenvalue weighted by Crippen LogP contribution is -2.08. The first-order valence-corrected chi connectivity index (χ1v) is 9.28. The summed E-state index contributed by atoms with van der Waals surface area (Å²) < 4.78 is 21.3. The third kappa shape index (κ3) is 3.49. The van der Waals surface area contributed by atoms with E-state index in [9.17, 15) is 4.39 Å². The number of hydrogen-bond acceptors (Lipinski definition) is 6. The van der Waals surface area contributed by atoms with Gasteiger partial charge in [-0.25, -0.2) is 14.4 Å². The van der Waals surface area contributed by atoms with Crippen LogP contribution in [0.15, 0.2) is 49.2 Å². The molecule has 1 aromatic carbocycles. The van der Waals surface area contributed by atoms with Crippen LogP contribution in [0, 0.1) is 5.82 Å². The Morgan fingerprint density at radius 3 is 2.83 bits per heavy atom. The van der Waals surface area contributed by atoms with E-state index in [1.165, 1.54) is 13.2 Å². The Morgan fingerprint density at radius 1 is 1.17 bits per heavy atom. The fourth-order valence-electron chi connectivity index (χ4n) is 3.35. The minimum Gasteiger partial charge on any atom is -0.496 e. The molecule has 0 radical (unpaired) electrons. The van der Waals surface area contributed by atoms with E-state index in [0.29, 0.717) is 17.0 Å². The average Bonchev–Trinajstić information content (AvgIpc) is 3.22. The quantitative estimate of drug-likeness (QED) is 0.533. The first kappa shape index (κ1) is 18.8. The number of aromatic nitrogens is 5. The minimum atomic E-state index is -0.323. The van der Waals surface area contributed by atoms with Crippen molar-refractivity contribution in [3.8, 4) is 16.9 Å². The van der Waals surface area contributed by atoms with Crippen LogP contribution in [0.4, 0.5) is 10.2 Å². The van der Waals surface area contributed by atoms with Crippen LogP contribution in [0.1, 0.15) is 31.0 Å². The number of methoxy groups -OCH3 is 1. The van der Waals surface area contributed by atoms with Gasteiger partial charge in [0, 0.05) is 29.4 Å². The minimum absolute atomic E-state index is 0.238. The number of benzene rings is 1. The molecule has 29 heavy (non-hydrogen) atoms. The van der Waals surface area contributed by atoms with Crippen LogP contribution in [0.2, 0.25) is 0 Å². The second-order valence-corrected chi connectivity index (χ2v) is 6.91. The highest BCUT2D eigenvalue weighted by Gasteiger charge is 2.16. The van der Waals surface area contributed by atoms with E-state index in [2.05, 4.69) is 39.3 Å². The second-order valence-electron chi connectivity index (χ2n) is 6.91.